The first-order valence-corrected chi connectivity index (χ1v) is 16.2. The number of hydrogen-bond acceptors (Lipinski definition) is 8. The van der Waals surface area contributed by atoms with Crippen molar-refractivity contribution in [3.8, 4) is 0 Å². The van der Waals surface area contributed by atoms with Crippen LogP contribution >= 0.6 is 0 Å². The maximum atomic E-state index is 12.1. The first-order chi connectivity index (χ1) is 22.6. The van der Waals surface area contributed by atoms with Crippen LogP contribution in [0.2, 0.25) is 0 Å². The molecule has 0 aromatic rings. The molecule has 2 aliphatic heterocycles. The van der Waals surface area contributed by atoms with Gasteiger partial charge in [0, 0.05) is 60.7 Å². The van der Waals surface area contributed by atoms with Crippen molar-refractivity contribution >= 4 is 35.4 Å². The molecular weight excluding hydrogens is 972 g/mol. The molecule has 3 rings (SSSR count). The van der Waals surface area contributed by atoms with Gasteiger partial charge in [0.05, 0.1) is 32.1 Å². The molecule has 12 nitrogen and oxygen atoms in total. The van der Waals surface area contributed by atoms with E-state index in [2.05, 4.69) is 40.0 Å². The number of allylic oxidation sites excluding steroid dienone is 4. The van der Waals surface area contributed by atoms with Gasteiger partial charge in [0.2, 0.25) is 23.6 Å². The Morgan fingerprint density at radius 3 is 1.73 bits per heavy atom. The number of imide groups is 2. The third-order valence-corrected chi connectivity index (χ3v) is 5.69. The van der Waals surface area contributed by atoms with E-state index in [0.717, 1.165) is 0 Å². The van der Waals surface area contributed by atoms with Gasteiger partial charge in [-0.15, -0.1) is 29.4 Å². The second-order valence-corrected chi connectivity index (χ2v) is 8.52. The molecule has 0 bridgehead atoms. The molecule has 2 saturated heterocycles. The summed E-state index contributed by atoms with van der Waals surface area (Å²) in [6.07, 6.45) is 12.8. The molecule has 0 aromatic carbocycles. The number of methoxy groups -OCH3 is 2. The summed E-state index contributed by atoms with van der Waals surface area (Å²) in [4.78, 5) is 69.1. The maximum Gasteiger partial charge on any atom is 0.248 e. The van der Waals surface area contributed by atoms with Crippen LogP contribution in [0.25, 0.3) is 0 Å². The van der Waals surface area contributed by atoms with E-state index in [9.17, 15) is 28.8 Å². The average molecular weight is 1030 g/mol. The Morgan fingerprint density at radius 2 is 1.33 bits per heavy atom. The summed E-state index contributed by atoms with van der Waals surface area (Å²) < 4.78 is 9.93. The zero-order chi connectivity index (χ0) is 36.9. The Hall–Kier alpha value is -3.10. The molecule has 2 atom stereocenters. The van der Waals surface area contributed by atoms with Gasteiger partial charge < -0.3 is 29.7 Å². The molecule has 0 saturated carbocycles. The monoisotopic (exact) mass is 1030 g/mol. The van der Waals surface area contributed by atoms with Gasteiger partial charge >= 0.3 is 0 Å². The van der Waals surface area contributed by atoms with Gasteiger partial charge in [0.15, 0.2) is 0 Å². The first-order valence-electron chi connectivity index (χ1n) is 16.2. The van der Waals surface area contributed by atoms with Crippen LogP contribution in [-0.2, 0) is 80.4 Å². The Labute approximate surface area is 322 Å². The van der Waals surface area contributed by atoms with Crippen molar-refractivity contribution in [2.24, 2.45) is 0 Å². The Bertz CT molecular complexity index is 1160. The van der Waals surface area contributed by atoms with Crippen LogP contribution in [0.3, 0.4) is 0 Å². The fraction of sp³-hybridized carbons (Fsp3) is 0.543. The number of carbonyl (C=O) groups is 6. The minimum atomic E-state index is -0.724. The van der Waals surface area contributed by atoms with E-state index < -0.39 is 29.8 Å². The standard InChI is InChI=1S/C14H17N2O4.C13H15N2O4.4C2H6.2W/c1-4-5-10(8-9(2)20-3)13(18)15-11-6-7-12(17)16-14(11)19;1-19-9-4-2-3-8(7-9)12(17)14-10-5-6-11(16)15-13(10)18;4*1-2;;/h4,8,11H,2,6-7H2,1,3H3,(H,15,18)(H,16,17,19);3,10H,2,4-6H2,1H3,(H,14,17)(H,15,16,18);4*1-2H3;;/q2*-1;;;;;;/b10-8+;;;;;;;. The summed E-state index contributed by atoms with van der Waals surface area (Å²) >= 11 is 0. The van der Waals surface area contributed by atoms with Gasteiger partial charge in [-0.3, -0.25) is 29.8 Å². The fourth-order valence-electron chi connectivity index (χ4n) is 3.60. The van der Waals surface area contributed by atoms with Gasteiger partial charge in [-0.25, -0.2) is 0 Å². The van der Waals surface area contributed by atoms with E-state index >= 15 is 0 Å². The number of amides is 6. The minimum Gasteiger partial charge on any atom is -0.514 e. The van der Waals surface area contributed by atoms with E-state index in [1.807, 2.05) is 55.4 Å². The Morgan fingerprint density at radius 1 is 0.857 bits per heavy atom. The minimum absolute atomic E-state index is 0. The molecule has 6 amide bonds. The van der Waals surface area contributed by atoms with E-state index in [0.29, 0.717) is 36.4 Å². The average Bonchev–Trinajstić information content (AvgIpc) is 3.10. The molecule has 49 heavy (non-hydrogen) atoms. The number of nitrogens with one attached hydrogen (secondary N) is 4. The predicted octanol–water partition coefficient (Wildman–Crippen LogP) is 4.43. The van der Waals surface area contributed by atoms with Gasteiger partial charge in [-0.2, -0.15) is 12.2 Å². The van der Waals surface area contributed by atoms with Crippen LogP contribution < -0.4 is 21.3 Å². The quantitative estimate of drug-likeness (QED) is 0.0911. The third kappa shape index (κ3) is 23.0. The van der Waals surface area contributed by atoms with Crippen LogP contribution in [0.15, 0.2) is 47.5 Å². The second kappa shape index (κ2) is 34.7. The molecule has 14 heteroatoms. The van der Waals surface area contributed by atoms with Gasteiger partial charge in [-0.05, 0) is 19.3 Å². The second-order valence-electron chi connectivity index (χ2n) is 8.52. The van der Waals surface area contributed by atoms with Gasteiger partial charge in [0.25, 0.3) is 0 Å². The van der Waals surface area contributed by atoms with Crippen LogP contribution in [0.5, 0.6) is 0 Å². The van der Waals surface area contributed by atoms with Gasteiger partial charge in [0.1, 0.15) is 11.8 Å². The first kappa shape index (κ1) is 55.3. The van der Waals surface area contributed by atoms with E-state index in [-0.39, 0.29) is 84.7 Å². The molecule has 2 fully saturated rings. The molecule has 4 N–H and O–H groups in total. The van der Waals surface area contributed by atoms with Crippen molar-refractivity contribution in [3.63, 3.8) is 0 Å². The Kier molecular flexibility index (Phi) is 39.2. The van der Waals surface area contributed by atoms with Crippen molar-refractivity contribution in [3.05, 3.63) is 59.6 Å². The normalized spacial score (nSPS) is 17.5. The number of ether oxygens (including phenoxy) is 2. The fourth-order valence-corrected chi connectivity index (χ4v) is 3.60. The molecule has 1 aliphatic carbocycles. The summed E-state index contributed by atoms with van der Waals surface area (Å²) in [7, 11) is 2.97. The van der Waals surface area contributed by atoms with E-state index in [1.54, 1.807) is 19.1 Å². The molecule has 0 radical (unpaired) electrons. The molecule has 3 aliphatic rings. The summed E-state index contributed by atoms with van der Waals surface area (Å²) in [5, 5.41) is 9.52. The molecular formula is C35H56N4O8W2-2. The predicted molar refractivity (Wildman–Crippen MR) is 183 cm³/mol. The zero-order valence-corrected chi connectivity index (χ0v) is 36.8. The van der Waals surface area contributed by atoms with Crippen molar-refractivity contribution in [1.29, 1.82) is 0 Å². The van der Waals surface area contributed by atoms with E-state index in [1.165, 1.54) is 20.3 Å². The van der Waals surface area contributed by atoms with Crippen LogP contribution in [0.1, 0.15) is 101 Å². The molecule has 0 spiro atoms. The molecule has 2 heterocycles. The SMILES string of the molecule is C=C(/C=C(\[C-]=CC)C(=O)NC1CCC(=O)NC1=O)OC.CC.CC.CC.CC.COC1=[C-]C(C(=O)NC2CCC(=O)NC2=O)=CCC1.[W].[W]. The van der Waals surface area contributed by atoms with Crippen LogP contribution in [0.4, 0.5) is 0 Å². The number of rotatable bonds is 8. The summed E-state index contributed by atoms with van der Waals surface area (Å²) in [6, 6.07) is -1.39. The van der Waals surface area contributed by atoms with Gasteiger partial charge in [-0.1, -0.05) is 75.3 Å². The van der Waals surface area contributed by atoms with Crippen molar-refractivity contribution < 1.29 is 80.4 Å². The number of hydrogen-bond donors (Lipinski definition) is 4. The number of piperidine rings is 2. The summed E-state index contributed by atoms with van der Waals surface area (Å²) in [5.74, 6) is -1.52. The summed E-state index contributed by atoms with van der Waals surface area (Å²) in [5.41, 5.74) is 0.567. The third-order valence-electron chi connectivity index (χ3n) is 5.69. The Balaban J connectivity index is -0.000000211. The molecule has 278 valence electrons. The van der Waals surface area contributed by atoms with E-state index in [4.69, 9.17) is 9.47 Å². The maximum absolute atomic E-state index is 12.1. The van der Waals surface area contributed by atoms with Crippen LogP contribution in [-0.4, -0.2) is 61.7 Å². The molecule has 2 unspecified atom stereocenters. The van der Waals surface area contributed by atoms with Crippen molar-refractivity contribution in [2.45, 2.75) is 113 Å². The summed E-state index contributed by atoms with van der Waals surface area (Å²) in [6.45, 7) is 21.3. The topological polar surface area (TPSA) is 169 Å². The smallest absolute Gasteiger partial charge is 0.248 e. The largest absolute Gasteiger partial charge is 0.514 e. The number of carbonyl (C=O) groups excluding carboxylic acids is 6. The zero-order valence-electron chi connectivity index (χ0n) is 30.9. The van der Waals surface area contributed by atoms with Crippen LogP contribution in [0, 0.1) is 12.2 Å². The molecule has 0 aromatic heterocycles. The van der Waals surface area contributed by atoms with Crippen molar-refractivity contribution in [1.82, 2.24) is 21.3 Å². The van der Waals surface area contributed by atoms with Crippen molar-refractivity contribution in [2.75, 3.05) is 14.2 Å².